The van der Waals surface area contributed by atoms with Gasteiger partial charge in [-0.15, -0.1) is 0 Å². The molecule has 0 spiro atoms. The van der Waals surface area contributed by atoms with E-state index in [1.807, 2.05) is 0 Å². The molecule has 0 radical (unpaired) electrons. The van der Waals surface area contributed by atoms with E-state index < -0.39 is 21.8 Å². The minimum absolute atomic E-state index is 0.0324. The van der Waals surface area contributed by atoms with Gasteiger partial charge in [-0.2, -0.15) is 13.2 Å². The van der Waals surface area contributed by atoms with Crippen LogP contribution in [0, 0.1) is 6.92 Å². The van der Waals surface area contributed by atoms with Gasteiger partial charge in [0.1, 0.15) is 23.8 Å². The maximum atomic E-state index is 12.6. The molecule has 10 heteroatoms. The fraction of sp³-hybridized carbons (Fsp3) is 0.167. The van der Waals surface area contributed by atoms with Crippen LogP contribution in [0.15, 0.2) is 57.8 Å². The van der Waals surface area contributed by atoms with E-state index in [1.165, 1.54) is 36.4 Å². The van der Waals surface area contributed by atoms with E-state index in [1.54, 1.807) is 6.92 Å². The number of nitrogens with zero attached hydrogens (tertiary/aromatic N) is 1. The SMILES string of the molecule is Cc1oc(-c2ccc(C(F)(F)F)cc2)nc1COc1ccc(S(N)(=O)=O)cc1. The number of hydrogen-bond donors (Lipinski definition) is 1. The third-order valence-electron chi connectivity index (χ3n) is 3.88. The Morgan fingerprint density at radius 3 is 2.21 bits per heavy atom. The molecule has 148 valence electrons. The molecule has 3 aromatic rings. The number of sulfonamides is 1. The average Bonchev–Trinajstić information content (AvgIpc) is 3.00. The van der Waals surface area contributed by atoms with Gasteiger partial charge in [0.15, 0.2) is 0 Å². The van der Waals surface area contributed by atoms with Crippen molar-refractivity contribution in [1.82, 2.24) is 4.98 Å². The van der Waals surface area contributed by atoms with Crippen molar-refractivity contribution in [3.05, 3.63) is 65.5 Å². The van der Waals surface area contributed by atoms with Crippen molar-refractivity contribution in [3.63, 3.8) is 0 Å². The summed E-state index contributed by atoms with van der Waals surface area (Å²) in [5, 5.41) is 5.03. The fourth-order valence-corrected chi connectivity index (χ4v) is 2.88. The van der Waals surface area contributed by atoms with Crippen LogP contribution in [0.5, 0.6) is 5.75 Å². The Bertz CT molecular complexity index is 1070. The highest BCUT2D eigenvalue weighted by Gasteiger charge is 2.30. The maximum absolute atomic E-state index is 12.6. The third-order valence-corrected chi connectivity index (χ3v) is 4.81. The molecule has 1 heterocycles. The van der Waals surface area contributed by atoms with Crippen LogP contribution in [-0.4, -0.2) is 13.4 Å². The van der Waals surface area contributed by atoms with Crippen LogP contribution < -0.4 is 9.88 Å². The lowest BCUT2D eigenvalue weighted by atomic mass is 10.1. The molecule has 3 rings (SSSR count). The molecule has 0 amide bonds. The lowest BCUT2D eigenvalue weighted by Crippen LogP contribution is -2.11. The van der Waals surface area contributed by atoms with Crippen molar-refractivity contribution in [2.75, 3.05) is 0 Å². The summed E-state index contributed by atoms with van der Waals surface area (Å²) in [6.07, 6.45) is -4.41. The van der Waals surface area contributed by atoms with Crippen molar-refractivity contribution < 1.29 is 30.7 Å². The second kappa shape index (κ2) is 7.28. The van der Waals surface area contributed by atoms with Crippen molar-refractivity contribution >= 4 is 10.0 Å². The molecule has 0 aliphatic heterocycles. The molecule has 0 fully saturated rings. The summed E-state index contributed by atoms with van der Waals surface area (Å²) in [5.74, 6) is 1.02. The largest absolute Gasteiger partial charge is 0.487 e. The van der Waals surface area contributed by atoms with E-state index in [-0.39, 0.29) is 17.4 Å². The molecular formula is C18H15F3N2O4S. The number of ether oxygens (including phenoxy) is 1. The van der Waals surface area contributed by atoms with Gasteiger partial charge in [0.05, 0.1) is 10.5 Å². The Balaban J connectivity index is 1.72. The summed E-state index contributed by atoms with van der Waals surface area (Å²) < 4.78 is 71.5. The van der Waals surface area contributed by atoms with Crippen molar-refractivity contribution in [2.24, 2.45) is 5.14 Å². The average molecular weight is 412 g/mol. The zero-order valence-electron chi connectivity index (χ0n) is 14.5. The Kier molecular flexibility index (Phi) is 5.18. The molecule has 2 aromatic carbocycles. The van der Waals surface area contributed by atoms with Gasteiger partial charge in [-0.25, -0.2) is 18.5 Å². The molecule has 0 saturated heterocycles. The topological polar surface area (TPSA) is 95.4 Å². The number of hydrogen-bond acceptors (Lipinski definition) is 5. The lowest BCUT2D eigenvalue weighted by molar-refractivity contribution is -0.137. The van der Waals surface area contributed by atoms with Crippen LogP contribution in [0.1, 0.15) is 17.0 Å². The van der Waals surface area contributed by atoms with Gasteiger partial charge < -0.3 is 9.15 Å². The number of alkyl halides is 3. The predicted molar refractivity (Wildman–Crippen MR) is 93.8 cm³/mol. The highest BCUT2D eigenvalue weighted by Crippen LogP contribution is 2.31. The third kappa shape index (κ3) is 4.52. The molecule has 0 aliphatic carbocycles. The maximum Gasteiger partial charge on any atom is 0.416 e. The van der Waals surface area contributed by atoms with Gasteiger partial charge in [-0.05, 0) is 55.5 Å². The number of oxazole rings is 1. The number of aromatic nitrogens is 1. The monoisotopic (exact) mass is 412 g/mol. The minimum Gasteiger partial charge on any atom is -0.487 e. The highest BCUT2D eigenvalue weighted by molar-refractivity contribution is 7.89. The first-order chi connectivity index (χ1) is 13.0. The zero-order valence-corrected chi connectivity index (χ0v) is 15.3. The number of benzene rings is 2. The summed E-state index contributed by atoms with van der Waals surface area (Å²) >= 11 is 0. The highest BCUT2D eigenvalue weighted by atomic mass is 32.2. The van der Waals surface area contributed by atoms with Crippen molar-refractivity contribution in [3.8, 4) is 17.2 Å². The zero-order chi connectivity index (χ0) is 20.5. The van der Waals surface area contributed by atoms with Gasteiger partial charge in [-0.1, -0.05) is 0 Å². The Morgan fingerprint density at radius 1 is 1.07 bits per heavy atom. The lowest BCUT2D eigenvalue weighted by Gasteiger charge is -2.06. The summed E-state index contributed by atoms with van der Waals surface area (Å²) in [5.41, 5.74) is 0.108. The smallest absolute Gasteiger partial charge is 0.416 e. The van der Waals surface area contributed by atoms with E-state index in [0.717, 1.165) is 12.1 Å². The van der Waals surface area contributed by atoms with Crippen molar-refractivity contribution in [1.29, 1.82) is 0 Å². The number of rotatable bonds is 5. The summed E-state index contributed by atoms with van der Waals surface area (Å²) in [6, 6.07) is 10.0. The summed E-state index contributed by atoms with van der Waals surface area (Å²) in [6.45, 7) is 1.69. The molecule has 28 heavy (non-hydrogen) atoms. The first-order valence-electron chi connectivity index (χ1n) is 7.93. The normalized spacial score (nSPS) is 12.2. The molecule has 0 aliphatic rings. The number of nitrogens with two attached hydrogens (primary N) is 1. The van der Waals surface area contributed by atoms with Crippen LogP contribution >= 0.6 is 0 Å². The van der Waals surface area contributed by atoms with Crippen LogP contribution in [0.4, 0.5) is 13.2 Å². The molecule has 1 aromatic heterocycles. The summed E-state index contributed by atoms with van der Waals surface area (Å²) in [7, 11) is -3.79. The van der Waals surface area contributed by atoms with Crippen LogP contribution in [0.3, 0.4) is 0 Å². The Labute approximate surface area is 158 Å². The predicted octanol–water partition coefficient (Wildman–Crippen LogP) is 3.90. The number of primary sulfonamides is 1. The molecule has 0 bridgehead atoms. The minimum atomic E-state index is -4.41. The second-order valence-electron chi connectivity index (χ2n) is 5.90. The van der Waals surface area contributed by atoms with Crippen LogP contribution in [0.25, 0.3) is 11.5 Å². The van der Waals surface area contributed by atoms with Crippen LogP contribution in [-0.2, 0) is 22.8 Å². The van der Waals surface area contributed by atoms with E-state index >= 15 is 0 Å². The first kappa shape index (κ1) is 19.9. The molecular weight excluding hydrogens is 397 g/mol. The van der Waals surface area contributed by atoms with Gasteiger partial charge in [0.2, 0.25) is 15.9 Å². The number of aryl methyl sites for hydroxylation is 1. The molecule has 2 N–H and O–H groups in total. The van der Waals surface area contributed by atoms with E-state index in [4.69, 9.17) is 14.3 Å². The Hall–Kier alpha value is -2.85. The van der Waals surface area contributed by atoms with E-state index in [0.29, 0.717) is 22.8 Å². The molecule has 6 nitrogen and oxygen atoms in total. The van der Waals surface area contributed by atoms with Gasteiger partial charge in [0, 0.05) is 5.56 Å². The first-order valence-corrected chi connectivity index (χ1v) is 9.48. The van der Waals surface area contributed by atoms with Gasteiger partial charge >= 0.3 is 6.18 Å². The Morgan fingerprint density at radius 2 is 1.68 bits per heavy atom. The van der Waals surface area contributed by atoms with Gasteiger partial charge in [0.25, 0.3) is 0 Å². The van der Waals surface area contributed by atoms with Gasteiger partial charge in [-0.3, -0.25) is 0 Å². The summed E-state index contributed by atoms with van der Waals surface area (Å²) in [4.78, 5) is 4.22. The quantitative estimate of drug-likeness (QED) is 0.686. The second-order valence-corrected chi connectivity index (χ2v) is 7.46. The molecule has 0 atom stereocenters. The standard InChI is InChI=1S/C18H15F3N2O4S/c1-11-16(10-26-14-6-8-15(9-7-14)28(22,24)25)23-17(27-11)12-2-4-13(5-3-12)18(19,20)21/h2-9H,10H2,1H3,(H2,22,24,25). The molecule has 0 saturated carbocycles. The van der Waals surface area contributed by atoms with E-state index in [9.17, 15) is 21.6 Å². The van der Waals surface area contributed by atoms with Crippen LogP contribution in [0.2, 0.25) is 0 Å². The van der Waals surface area contributed by atoms with Crippen molar-refractivity contribution in [2.45, 2.75) is 24.6 Å². The fourth-order valence-electron chi connectivity index (χ4n) is 2.36. The molecule has 0 unspecified atom stereocenters. The van der Waals surface area contributed by atoms with E-state index in [2.05, 4.69) is 4.98 Å². The number of halogens is 3.